The number of carbonyl (C=O) groups is 2. The molecule has 0 atom stereocenters. The van der Waals surface area contributed by atoms with Gasteiger partial charge in [-0.05, 0) is 17.5 Å². The van der Waals surface area contributed by atoms with E-state index in [9.17, 15) is 14.7 Å². The maximum atomic E-state index is 9.48. The van der Waals surface area contributed by atoms with Crippen LogP contribution in [0.3, 0.4) is 0 Å². The number of carboxylic acids is 1. The van der Waals surface area contributed by atoms with Crippen molar-refractivity contribution < 1.29 is 44.3 Å². The summed E-state index contributed by atoms with van der Waals surface area (Å²) in [5.74, 6) is -2.56. The third kappa shape index (κ3) is 4.61. The molecule has 1 aromatic heterocycles. The molecule has 0 amide bonds. The first kappa shape index (κ1) is 14.9. The molecule has 1 heterocycles. The summed E-state index contributed by atoms with van der Waals surface area (Å²) in [5.41, 5.74) is 1.21. The predicted octanol–water partition coefficient (Wildman–Crippen LogP) is -2.50. The first-order chi connectivity index (χ1) is 7.11. The van der Waals surface area contributed by atoms with E-state index in [-0.39, 0.29) is 29.6 Å². The summed E-state index contributed by atoms with van der Waals surface area (Å²) < 4.78 is 0. The Morgan fingerprint density at radius 1 is 1.19 bits per heavy atom. The van der Waals surface area contributed by atoms with Gasteiger partial charge in [-0.15, -0.1) is 0 Å². The summed E-state index contributed by atoms with van der Waals surface area (Å²) in [4.78, 5) is 21.8. The predicted molar refractivity (Wildman–Crippen MR) is 54.0 cm³/mol. The molecule has 0 radical (unpaired) electrons. The summed E-state index contributed by atoms with van der Waals surface area (Å²) >= 11 is 0. The molecule has 4 nitrogen and oxygen atoms in total. The fourth-order valence-electron chi connectivity index (χ4n) is 0.995. The Hall–Kier alpha value is -1.10. The van der Waals surface area contributed by atoms with Gasteiger partial charge in [0.25, 0.3) is 0 Å². The van der Waals surface area contributed by atoms with Gasteiger partial charge >= 0.3 is 29.6 Å². The quantitative estimate of drug-likeness (QED) is 0.432. The van der Waals surface area contributed by atoms with Crippen LogP contribution in [-0.2, 0) is 9.59 Å². The van der Waals surface area contributed by atoms with Gasteiger partial charge in [0, 0.05) is 18.6 Å². The Balaban J connectivity index is 0.000000289. The number of carboxylic acid groups (broad SMARTS) is 1. The number of para-hydroxylation sites is 1. The van der Waals surface area contributed by atoms with E-state index in [2.05, 4.69) is 23.2 Å². The van der Waals surface area contributed by atoms with Crippen molar-refractivity contribution in [3.05, 3.63) is 36.5 Å². The Bertz CT molecular complexity index is 437. The molecule has 5 heteroatoms. The molecule has 16 heavy (non-hydrogen) atoms. The average molecular weight is 227 g/mol. The van der Waals surface area contributed by atoms with Crippen molar-refractivity contribution in [2.24, 2.45) is 0 Å². The van der Waals surface area contributed by atoms with Gasteiger partial charge in [0.15, 0.2) is 5.78 Å². The second kappa shape index (κ2) is 7.22. The van der Waals surface area contributed by atoms with E-state index in [0.29, 0.717) is 0 Å². The molecule has 0 aliphatic heterocycles. The second-order valence-electron chi connectivity index (χ2n) is 2.91. The van der Waals surface area contributed by atoms with Gasteiger partial charge in [0.1, 0.15) is 5.97 Å². The number of fused-ring (bicyclic) bond motifs is 1. The number of hydrogen-bond donors (Lipinski definition) is 1. The SMILES string of the molecule is CC(=O)C(=O)[O-].[Na+].c1ccc2[nH]ccc2c1. The van der Waals surface area contributed by atoms with Crippen LogP contribution in [0.5, 0.6) is 0 Å². The van der Waals surface area contributed by atoms with Gasteiger partial charge in [-0.2, -0.15) is 0 Å². The fourth-order valence-corrected chi connectivity index (χ4v) is 0.995. The number of hydrogen-bond acceptors (Lipinski definition) is 3. The third-order valence-electron chi connectivity index (χ3n) is 1.75. The maximum absolute atomic E-state index is 9.48. The Kier molecular flexibility index (Phi) is 6.72. The average Bonchev–Trinajstić information content (AvgIpc) is 2.66. The van der Waals surface area contributed by atoms with Crippen LogP contribution in [0.1, 0.15) is 6.92 Å². The molecule has 0 saturated heterocycles. The number of aromatic amines is 1. The van der Waals surface area contributed by atoms with Gasteiger partial charge in [-0.3, -0.25) is 4.79 Å². The molecule has 0 saturated carbocycles. The van der Waals surface area contributed by atoms with Crippen molar-refractivity contribution in [1.29, 1.82) is 0 Å². The van der Waals surface area contributed by atoms with E-state index < -0.39 is 11.8 Å². The van der Waals surface area contributed by atoms with Gasteiger partial charge in [0.2, 0.25) is 0 Å². The van der Waals surface area contributed by atoms with Crippen LogP contribution in [0.15, 0.2) is 36.5 Å². The summed E-state index contributed by atoms with van der Waals surface area (Å²) in [6.07, 6.45) is 1.95. The van der Waals surface area contributed by atoms with E-state index in [0.717, 1.165) is 6.92 Å². The number of rotatable bonds is 1. The molecular weight excluding hydrogens is 217 g/mol. The normalized spacial score (nSPS) is 8.56. The first-order valence-electron chi connectivity index (χ1n) is 4.35. The molecule has 2 aromatic rings. The van der Waals surface area contributed by atoms with Crippen molar-refractivity contribution in [2.75, 3.05) is 0 Å². The minimum absolute atomic E-state index is 0. The first-order valence-corrected chi connectivity index (χ1v) is 4.35. The van der Waals surface area contributed by atoms with Gasteiger partial charge in [-0.25, -0.2) is 0 Å². The molecule has 0 aliphatic carbocycles. The Morgan fingerprint density at radius 3 is 2.25 bits per heavy atom. The molecule has 0 aliphatic rings. The minimum Gasteiger partial charge on any atom is -0.542 e. The monoisotopic (exact) mass is 227 g/mol. The molecule has 2 rings (SSSR count). The summed E-state index contributed by atoms with van der Waals surface area (Å²) in [6, 6.07) is 10.3. The van der Waals surface area contributed by atoms with E-state index in [1.165, 1.54) is 10.9 Å². The van der Waals surface area contributed by atoms with Crippen LogP contribution < -0.4 is 34.7 Å². The molecule has 0 unspecified atom stereocenters. The van der Waals surface area contributed by atoms with Crippen LogP contribution in [0.4, 0.5) is 0 Å². The Labute approximate surface area is 115 Å². The van der Waals surface area contributed by atoms with Crippen molar-refractivity contribution in [2.45, 2.75) is 6.92 Å². The molecule has 78 valence electrons. The summed E-state index contributed by atoms with van der Waals surface area (Å²) in [6.45, 7) is 0.940. The number of H-pyrrole nitrogens is 1. The molecule has 0 bridgehead atoms. The largest absolute Gasteiger partial charge is 1.00 e. The fraction of sp³-hybridized carbons (Fsp3) is 0.0909. The molecule has 0 spiro atoms. The number of carbonyl (C=O) groups excluding carboxylic acids is 2. The maximum Gasteiger partial charge on any atom is 1.00 e. The van der Waals surface area contributed by atoms with Crippen molar-refractivity contribution in [3.63, 3.8) is 0 Å². The molecule has 0 fully saturated rings. The summed E-state index contributed by atoms with van der Waals surface area (Å²) in [7, 11) is 0. The zero-order valence-corrected chi connectivity index (χ0v) is 11.2. The third-order valence-corrected chi connectivity index (χ3v) is 1.75. The topological polar surface area (TPSA) is 73.0 Å². The van der Waals surface area contributed by atoms with Crippen LogP contribution in [0, 0.1) is 0 Å². The van der Waals surface area contributed by atoms with Crippen LogP contribution in [-0.4, -0.2) is 16.7 Å². The van der Waals surface area contributed by atoms with E-state index in [1.807, 2.05) is 18.3 Å². The number of aliphatic carboxylic acids is 1. The van der Waals surface area contributed by atoms with Gasteiger partial charge in [-0.1, -0.05) is 18.2 Å². The number of ketones is 1. The zero-order valence-electron chi connectivity index (χ0n) is 9.19. The van der Waals surface area contributed by atoms with E-state index in [4.69, 9.17) is 0 Å². The zero-order chi connectivity index (χ0) is 11.3. The van der Waals surface area contributed by atoms with Crippen molar-refractivity contribution >= 4 is 22.7 Å². The smallest absolute Gasteiger partial charge is 0.542 e. The van der Waals surface area contributed by atoms with Crippen LogP contribution in [0.2, 0.25) is 0 Å². The molecule has 1 N–H and O–H groups in total. The van der Waals surface area contributed by atoms with E-state index in [1.54, 1.807) is 0 Å². The van der Waals surface area contributed by atoms with Crippen LogP contribution >= 0.6 is 0 Å². The standard InChI is InChI=1S/C8H7N.C3H4O3.Na/c1-2-4-8-7(3-1)5-6-9-8;1-2(4)3(5)6;/h1-6,9H;1H3,(H,5,6);/q;;+1/p-1. The molecule has 1 aromatic carbocycles. The van der Waals surface area contributed by atoms with Crippen molar-refractivity contribution in [3.8, 4) is 0 Å². The number of nitrogens with one attached hydrogen (secondary N) is 1. The minimum atomic E-state index is -1.63. The van der Waals surface area contributed by atoms with E-state index >= 15 is 0 Å². The second-order valence-corrected chi connectivity index (χ2v) is 2.91. The summed E-state index contributed by atoms with van der Waals surface area (Å²) in [5, 5.41) is 10.5. The van der Waals surface area contributed by atoms with Crippen LogP contribution in [0.25, 0.3) is 10.9 Å². The molecular formula is C11H10NNaO3. The number of aromatic nitrogens is 1. The van der Waals surface area contributed by atoms with Crippen molar-refractivity contribution in [1.82, 2.24) is 4.98 Å². The van der Waals surface area contributed by atoms with Gasteiger partial charge in [0.05, 0.1) is 0 Å². The Morgan fingerprint density at radius 2 is 1.75 bits per heavy atom. The number of Topliss-reactive ketones (excluding diaryl/α,β-unsaturated/α-hetero) is 1. The van der Waals surface area contributed by atoms with Gasteiger partial charge < -0.3 is 14.9 Å². The number of benzene rings is 1.